The van der Waals surface area contributed by atoms with Crippen molar-refractivity contribution < 1.29 is 20.1 Å². The average molecular weight is 228 g/mol. The molecule has 0 heterocycles. The summed E-state index contributed by atoms with van der Waals surface area (Å²) in [5.74, 6) is -1.15. The lowest BCUT2D eigenvalue weighted by atomic mass is 10.0. The Morgan fingerprint density at radius 3 is 2.27 bits per heavy atom. The van der Waals surface area contributed by atoms with E-state index in [0.29, 0.717) is 5.56 Å². The van der Waals surface area contributed by atoms with Crippen LogP contribution in [0.25, 0.3) is 0 Å². The minimum Gasteiger partial charge on any atom is -0.481 e. The van der Waals surface area contributed by atoms with Gasteiger partial charge in [-0.2, -0.15) is 0 Å². The van der Waals surface area contributed by atoms with Gasteiger partial charge in [-0.15, -0.1) is 12.6 Å². The van der Waals surface area contributed by atoms with Crippen molar-refractivity contribution in [3.8, 4) is 0 Å². The summed E-state index contributed by atoms with van der Waals surface area (Å²) >= 11 is 4.07. The molecule has 0 aliphatic rings. The number of rotatable bonds is 4. The average Bonchev–Trinajstić information content (AvgIpc) is 2.17. The minimum atomic E-state index is -1.30. The van der Waals surface area contributed by atoms with Crippen LogP contribution in [0.2, 0.25) is 0 Å². The molecule has 0 amide bonds. The SMILES string of the molecule is O=C(O)CC(O)C(O)c1ccc(S)cc1. The zero-order valence-electron chi connectivity index (χ0n) is 7.87. The molecule has 15 heavy (non-hydrogen) atoms. The fraction of sp³-hybridized carbons (Fsp3) is 0.300. The van der Waals surface area contributed by atoms with Crippen LogP contribution in [0.3, 0.4) is 0 Å². The summed E-state index contributed by atoms with van der Waals surface area (Å²) in [5.41, 5.74) is 0.474. The van der Waals surface area contributed by atoms with E-state index in [1.807, 2.05) is 0 Å². The first-order chi connectivity index (χ1) is 7.00. The summed E-state index contributed by atoms with van der Waals surface area (Å²) in [6.45, 7) is 0. The molecule has 0 spiro atoms. The normalized spacial score (nSPS) is 14.6. The van der Waals surface area contributed by atoms with Gasteiger partial charge in [0.2, 0.25) is 0 Å². The molecule has 82 valence electrons. The lowest BCUT2D eigenvalue weighted by molar-refractivity contribution is -0.141. The Labute approximate surface area is 92.6 Å². The predicted molar refractivity (Wildman–Crippen MR) is 56.9 cm³/mol. The molecule has 1 aromatic carbocycles. The highest BCUT2D eigenvalue weighted by Crippen LogP contribution is 2.20. The second-order valence-electron chi connectivity index (χ2n) is 3.20. The molecule has 0 aliphatic heterocycles. The van der Waals surface area contributed by atoms with Crippen LogP contribution < -0.4 is 0 Å². The third-order valence-electron chi connectivity index (χ3n) is 1.98. The summed E-state index contributed by atoms with van der Waals surface area (Å²) in [4.78, 5) is 11.1. The second kappa shape index (κ2) is 5.16. The molecule has 0 saturated carbocycles. The highest BCUT2D eigenvalue weighted by atomic mass is 32.1. The van der Waals surface area contributed by atoms with Crippen molar-refractivity contribution in [2.45, 2.75) is 23.5 Å². The van der Waals surface area contributed by atoms with Crippen molar-refractivity contribution in [1.29, 1.82) is 0 Å². The summed E-state index contributed by atoms with van der Waals surface area (Å²) in [6.07, 6.45) is -2.97. The smallest absolute Gasteiger partial charge is 0.306 e. The van der Waals surface area contributed by atoms with Crippen LogP contribution in [0.5, 0.6) is 0 Å². The maximum Gasteiger partial charge on any atom is 0.306 e. The van der Waals surface area contributed by atoms with E-state index in [1.54, 1.807) is 24.3 Å². The summed E-state index contributed by atoms with van der Waals surface area (Å²) in [7, 11) is 0. The number of hydrogen-bond acceptors (Lipinski definition) is 4. The van der Waals surface area contributed by atoms with Crippen molar-refractivity contribution in [1.82, 2.24) is 0 Å². The Hall–Kier alpha value is -1.04. The molecule has 1 rings (SSSR count). The maximum absolute atomic E-state index is 10.3. The Morgan fingerprint density at radius 2 is 1.80 bits per heavy atom. The third kappa shape index (κ3) is 3.54. The quantitative estimate of drug-likeness (QED) is 0.576. The van der Waals surface area contributed by atoms with E-state index in [0.717, 1.165) is 4.90 Å². The lowest BCUT2D eigenvalue weighted by Crippen LogP contribution is -2.21. The molecule has 0 bridgehead atoms. The van der Waals surface area contributed by atoms with Gasteiger partial charge in [0.15, 0.2) is 0 Å². The number of carboxylic acids is 1. The topological polar surface area (TPSA) is 77.8 Å². The number of aliphatic carboxylic acids is 1. The van der Waals surface area contributed by atoms with Gasteiger partial charge in [0.1, 0.15) is 6.10 Å². The van der Waals surface area contributed by atoms with Crippen molar-refractivity contribution in [2.75, 3.05) is 0 Å². The van der Waals surface area contributed by atoms with Crippen LogP contribution in [-0.4, -0.2) is 27.4 Å². The Balaban J connectivity index is 2.71. The van der Waals surface area contributed by atoms with Crippen LogP contribution >= 0.6 is 12.6 Å². The molecule has 0 saturated heterocycles. The molecule has 5 heteroatoms. The maximum atomic E-state index is 10.3. The molecule has 0 radical (unpaired) electrons. The standard InChI is InChI=1S/C10H12O4S/c11-8(5-9(12)13)10(14)6-1-3-7(15)4-2-6/h1-4,8,10-11,14-15H,5H2,(H,12,13). The highest BCUT2D eigenvalue weighted by Gasteiger charge is 2.20. The monoisotopic (exact) mass is 228 g/mol. The zero-order valence-corrected chi connectivity index (χ0v) is 8.76. The molecular formula is C10H12O4S. The van der Waals surface area contributed by atoms with Crippen molar-refractivity contribution in [3.05, 3.63) is 29.8 Å². The van der Waals surface area contributed by atoms with Gasteiger partial charge >= 0.3 is 5.97 Å². The number of aliphatic hydroxyl groups excluding tert-OH is 2. The van der Waals surface area contributed by atoms with E-state index in [4.69, 9.17) is 5.11 Å². The van der Waals surface area contributed by atoms with E-state index in [9.17, 15) is 15.0 Å². The Bertz CT molecular complexity index is 336. The number of hydrogen-bond donors (Lipinski definition) is 4. The fourth-order valence-corrected chi connectivity index (χ4v) is 1.33. The van der Waals surface area contributed by atoms with Crippen molar-refractivity contribution in [2.24, 2.45) is 0 Å². The second-order valence-corrected chi connectivity index (χ2v) is 3.72. The third-order valence-corrected chi connectivity index (χ3v) is 2.28. The summed E-state index contributed by atoms with van der Waals surface area (Å²) in [5, 5.41) is 27.4. The molecule has 3 N–H and O–H groups in total. The summed E-state index contributed by atoms with van der Waals surface area (Å²) < 4.78 is 0. The first-order valence-electron chi connectivity index (χ1n) is 4.37. The van der Waals surface area contributed by atoms with Gasteiger partial charge in [0.05, 0.1) is 12.5 Å². The van der Waals surface area contributed by atoms with Crippen molar-refractivity contribution >= 4 is 18.6 Å². The van der Waals surface area contributed by atoms with Crippen LogP contribution in [0.4, 0.5) is 0 Å². The van der Waals surface area contributed by atoms with Crippen LogP contribution in [-0.2, 0) is 4.79 Å². The molecule has 1 aromatic rings. The number of thiol groups is 1. The lowest BCUT2D eigenvalue weighted by Gasteiger charge is -2.16. The van der Waals surface area contributed by atoms with Gasteiger partial charge < -0.3 is 15.3 Å². The van der Waals surface area contributed by atoms with E-state index in [1.165, 1.54) is 0 Å². The molecule has 2 atom stereocenters. The molecular weight excluding hydrogens is 216 g/mol. The van der Waals surface area contributed by atoms with Gasteiger partial charge in [-0.05, 0) is 17.7 Å². The van der Waals surface area contributed by atoms with Crippen molar-refractivity contribution in [3.63, 3.8) is 0 Å². The molecule has 4 nitrogen and oxygen atoms in total. The number of benzene rings is 1. The molecule has 2 unspecified atom stereocenters. The predicted octanol–water partition coefficient (Wildman–Crippen LogP) is 0.844. The summed E-state index contributed by atoms with van der Waals surface area (Å²) in [6, 6.07) is 6.51. The minimum absolute atomic E-state index is 0.474. The Morgan fingerprint density at radius 1 is 1.27 bits per heavy atom. The largest absolute Gasteiger partial charge is 0.481 e. The number of carbonyl (C=O) groups is 1. The van der Waals surface area contributed by atoms with Gasteiger partial charge in [-0.3, -0.25) is 4.79 Å². The van der Waals surface area contributed by atoms with E-state index < -0.39 is 24.6 Å². The fourth-order valence-electron chi connectivity index (χ4n) is 1.18. The van der Waals surface area contributed by atoms with E-state index in [-0.39, 0.29) is 0 Å². The van der Waals surface area contributed by atoms with Gasteiger partial charge in [0, 0.05) is 4.90 Å². The first kappa shape index (κ1) is 12.0. The molecule has 0 aromatic heterocycles. The molecule has 0 aliphatic carbocycles. The van der Waals surface area contributed by atoms with Crippen LogP contribution in [0, 0.1) is 0 Å². The van der Waals surface area contributed by atoms with Gasteiger partial charge in [-0.25, -0.2) is 0 Å². The zero-order chi connectivity index (χ0) is 11.4. The van der Waals surface area contributed by atoms with E-state index in [2.05, 4.69) is 12.6 Å². The van der Waals surface area contributed by atoms with Crippen LogP contribution in [0.1, 0.15) is 18.1 Å². The highest BCUT2D eigenvalue weighted by molar-refractivity contribution is 7.80. The van der Waals surface area contributed by atoms with Gasteiger partial charge in [0.25, 0.3) is 0 Å². The van der Waals surface area contributed by atoms with Gasteiger partial charge in [-0.1, -0.05) is 12.1 Å². The number of carboxylic acid groups (broad SMARTS) is 1. The van der Waals surface area contributed by atoms with Crippen LogP contribution in [0.15, 0.2) is 29.2 Å². The first-order valence-corrected chi connectivity index (χ1v) is 4.82. The number of aliphatic hydroxyl groups is 2. The molecule has 0 fully saturated rings. The van der Waals surface area contributed by atoms with E-state index >= 15 is 0 Å². The Kier molecular flexibility index (Phi) is 4.14.